The molecule has 0 atom stereocenters. The Hall–Kier alpha value is -1.84. The van der Waals surface area contributed by atoms with Gasteiger partial charge in [-0.1, -0.05) is 13.8 Å². The number of nitrogen functional groups attached to an aromatic ring is 1. The van der Waals surface area contributed by atoms with Crippen LogP contribution in [-0.4, -0.2) is 14.8 Å². The molecule has 0 spiro atoms. The summed E-state index contributed by atoms with van der Waals surface area (Å²) in [6.45, 7) is 6.33. The van der Waals surface area contributed by atoms with Crippen LogP contribution in [0.25, 0.3) is 5.82 Å². The highest BCUT2D eigenvalue weighted by molar-refractivity contribution is 5.38. The Bertz CT molecular complexity index is 482. The number of pyridine rings is 1. The summed E-state index contributed by atoms with van der Waals surface area (Å²) in [5.41, 5.74) is 8.56. The molecule has 0 bridgehead atoms. The van der Waals surface area contributed by atoms with E-state index in [4.69, 9.17) is 5.73 Å². The summed E-state index contributed by atoms with van der Waals surface area (Å²) in [6.07, 6.45) is 3.67. The van der Waals surface area contributed by atoms with Crippen LogP contribution < -0.4 is 5.73 Å². The van der Waals surface area contributed by atoms with Gasteiger partial charge in [-0.2, -0.15) is 5.10 Å². The average Bonchev–Trinajstić information content (AvgIpc) is 2.61. The zero-order chi connectivity index (χ0) is 11.7. The van der Waals surface area contributed by atoms with Crippen LogP contribution in [0.4, 0.5) is 5.69 Å². The zero-order valence-electron chi connectivity index (χ0n) is 9.81. The number of aryl methyl sites for hydroxylation is 1. The average molecular weight is 216 g/mol. The Morgan fingerprint density at radius 2 is 2.06 bits per heavy atom. The molecular weight excluding hydrogens is 200 g/mol. The van der Waals surface area contributed by atoms with Gasteiger partial charge in [-0.15, -0.1) is 0 Å². The highest BCUT2D eigenvalue weighted by atomic mass is 15.3. The third-order valence-electron chi connectivity index (χ3n) is 2.56. The van der Waals surface area contributed by atoms with E-state index < -0.39 is 0 Å². The minimum absolute atomic E-state index is 0.475. The van der Waals surface area contributed by atoms with Crippen molar-refractivity contribution < 1.29 is 0 Å². The molecule has 4 nitrogen and oxygen atoms in total. The first-order chi connectivity index (χ1) is 7.58. The first kappa shape index (κ1) is 10.7. The molecule has 16 heavy (non-hydrogen) atoms. The van der Waals surface area contributed by atoms with Gasteiger partial charge in [-0.3, -0.25) is 0 Å². The Morgan fingerprint density at radius 1 is 1.31 bits per heavy atom. The summed E-state index contributed by atoms with van der Waals surface area (Å²) >= 11 is 0. The van der Waals surface area contributed by atoms with Crippen LogP contribution in [0.5, 0.6) is 0 Å². The van der Waals surface area contributed by atoms with Crippen molar-refractivity contribution in [1.29, 1.82) is 0 Å². The van der Waals surface area contributed by atoms with Crippen LogP contribution in [0.3, 0.4) is 0 Å². The minimum Gasteiger partial charge on any atom is -0.397 e. The molecule has 4 heteroatoms. The van der Waals surface area contributed by atoms with Gasteiger partial charge in [-0.05, 0) is 30.5 Å². The Kier molecular flexibility index (Phi) is 2.64. The van der Waals surface area contributed by atoms with E-state index in [0.717, 1.165) is 11.5 Å². The van der Waals surface area contributed by atoms with Crippen molar-refractivity contribution in [3.8, 4) is 5.82 Å². The molecule has 0 fully saturated rings. The molecule has 0 aliphatic carbocycles. The van der Waals surface area contributed by atoms with Gasteiger partial charge in [0.1, 0.15) is 0 Å². The van der Waals surface area contributed by atoms with Crippen LogP contribution in [0.2, 0.25) is 0 Å². The number of rotatable bonds is 2. The van der Waals surface area contributed by atoms with Gasteiger partial charge in [0.05, 0.1) is 17.6 Å². The standard InChI is InChI=1S/C12H16N4/c1-8(2)11-7-16(15-9(11)3)12-5-4-10(13)6-14-12/h4-8H,13H2,1-3H3. The van der Waals surface area contributed by atoms with Gasteiger partial charge >= 0.3 is 0 Å². The largest absolute Gasteiger partial charge is 0.397 e. The molecule has 2 rings (SSSR count). The van der Waals surface area contributed by atoms with Gasteiger partial charge in [-0.25, -0.2) is 9.67 Å². The van der Waals surface area contributed by atoms with Crippen LogP contribution in [0.15, 0.2) is 24.5 Å². The maximum Gasteiger partial charge on any atom is 0.153 e. The monoisotopic (exact) mass is 216 g/mol. The molecular formula is C12H16N4. The van der Waals surface area contributed by atoms with Crippen molar-refractivity contribution in [1.82, 2.24) is 14.8 Å². The quantitative estimate of drug-likeness (QED) is 0.837. The zero-order valence-corrected chi connectivity index (χ0v) is 9.81. The van der Waals surface area contributed by atoms with Crippen molar-refractivity contribution >= 4 is 5.69 Å². The molecule has 0 aromatic carbocycles. The van der Waals surface area contributed by atoms with E-state index in [0.29, 0.717) is 11.6 Å². The van der Waals surface area contributed by atoms with E-state index >= 15 is 0 Å². The highest BCUT2D eigenvalue weighted by Crippen LogP contribution is 2.19. The van der Waals surface area contributed by atoms with Crippen molar-refractivity contribution in [2.45, 2.75) is 26.7 Å². The third kappa shape index (κ3) is 1.91. The predicted molar refractivity (Wildman–Crippen MR) is 64.6 cm³/mol. The molecule has 0 amide bonds. The van der Waals surface area contributed by atoms with E-state index in [2.05, 4.69) is 23.9 Å². The maximum atomic E-state index is 5.60. The summed E-state index contributed by atoms with van der Waals surface area (Å²) in [5, 5.41) is 4.45. The number of anilines is 1. The normalized spacial score (nSPS) is 11.0. The Labute approximate surface area is 95.1 Å². The summed E-state index contributed by atoms with van der Waals surface area (Å²) in [4.78, 5) is 4.24. The van der Waals surface area contributed by atoms with Gasteiger partial charge in [0.25, 0.3) is 0 Å². The fourth-order valence-electron chi connectivity index (χ4n) is 1.69. The lowest BCUT2D eigenvalue weighted by Crippen LogP contribution is -1.98. The van der Waals surface area contributed by atoms with Crippen LogP contribution in [0, 0.1) is 6.92 Å². The predicted octanol–water partition coefficient (Wildman–Crippen LogP) is 2.28. The molecule has 2 N–H and O–H groups in total. The van der Waals surface area contributed by atoms with Crippen LogP contribution >= 0.6 is 0 Å². The van der Waals surface area contributed by atoms with Gasteiger partial charge in [0.2, 0.25) is 0 Å². The van der Waals surface area contributed by atoms with E-state index in [9.17, 15) is 0 Å². The molecule has 2 aromatic heterocycles. The van der Waals surface area contributed by atoms with E-state index in [-0.39, 0.29) is 0 Å². The van der Waals surface area contributed by atoms with Crippen molar-refractivity contribution in [3.05, 3.63) is 35.8 Å². The lowest BCUT2D eigenvalue weighted by Gasteiger charge is -2.01. The van der Waals surface area contributed by atoms with Gasteiger partial charge in [0.15, 0.2) is 5.82 Å². The second-order valence-corrected chi connectivity index (χ2v) is 4.22. The number of hydrogen-bond donors (Lipinski definition) is 1. The maximum absolute atomic E-state index is 5.60. The number of nitrogens with zero attached hydrogens (tertiary/aromatic N) is 3. The number of hydrogen-bond acceptors (Lipinski definition) is 3. The van der Waals surface area contributed by atoms with Gasteiger partial charge in [0, 0.05) is 6.20 Å². The minimum atomic E-state index is 0.475. The summed E-state index contributed by atoms with van der Waals surface area (Å²) < 4.78 is 1.80. The fourth-order valence-corrected chi connectivity index (χ4v) is 1.69. The second-order valence-electron chi connectivity index (χ2n) is 4.22. The number of aromatic nitrogens is 3. The Balaban J connectivity index is 2.41. The smallest absolute Gasteiger partial charge is 0.153 e. The van der Waals surface area contributed by atoms with E-state index in [1.54, 1.807) is 10.9 Å². The Morgan fingerprint density at radius 3 is 2.56 bits per heavy atom. The van der Waals surface area contributed by atoms with Gasteiger partial charge < -0.3 is 5.73 Å². The summed E-state index contributed by atoms with van der Waals surface area (Å²) in [7, 11) is 0. The SMILES string of the molecule is Cc1nn(-c2ccc(N)cn2)cc1C(C)C. The highest BCUT2D eigenvalue weighted by Gasteiger charge is 2.09. The van der Waals surface area contributed by atoms with E-state index in [1.807, 2.05) is 25.3 Å². The molecule has 0 saturated heterocycles. The molecule has 0 radical (unpaired) electrons. The number of nitrogens with two attached hydrogens (primary N) is 1. The molecule has 0 aliphatic rings. The van der Waals surface area contributed by atoms with Crippen molar-refractivity contribution in [3.63, 3.8) is 0 Å². The lowest BCUT2D eigenvalue weighted by atomic mass is 10.1. The van der Waals surface area contributed by atoms with Crippen molar-refractivity contribution in [2.24, 2.45) is 0 Å². The first-order valence-corrected chi connectivity index (χ1v) is 5.36. The lowest BCUT2D eigenvalue weighted by molar-refractivity contribution is 0.832. The van der Waals surface area contributed by atoms with Crippen molar-refractivity contribution in [2.75, 3.05) is 5.73 Å². The molecule has 2 heterocycles. The second kappa shape index (κ2) is 3.96. The molecule has 0 saturated carbocycles. The molecule has 0 aliphatic heterocycles. The fraction of sp³-hybridized carbons (Fsp3) is 0.333. The topological polar surface area (TPSA) is 56.7 Å². The molecule has 0 unspecified atom stereocenters. The van der Waals surface area contributed by atoms with Crippen LogP contribution in [0.1, 0.15) is 31.0 Å². The molecule has 2 aromatic rings. The molecule has 84 valence electrons. The van der Waals surface area contributed by atoms with Crippen LogP contribution in [-0.2, 0) is 0 Å². The van der Waals surface area contributed by atoms with E-state index in [1.165, 1.54) is 5.56 Å². The summed E-state index contributed by atoms with van der Waals surface area (Å²) in [6, 6.07) is 3.69. The summed E-state index contributed by atoms with van der Waals surface area (Å²) in [5.74, 6) is 1.27. The first-order valence-electron chi connectivity index (χ1n) is 5.36. The third-order valence-corrected chi connectivity index (χ3v) is 2.56.